The van der Waals surface area contributed by atoms with Gasteiger partial charge in [-0.2, -0.15) is 4.52 Å². The number of fused-ring (bicyclic) bond motifs is 4. The number of aromatic nitrogens is 4. The SMILES string of the molecule is CC[C@@H](Sc1nc2ccccc2c2nc(C)nn12)C(=O)Nc1ccc2c(c1)OCO2. The van der Waals surface area contributed by atoms with Crippen molar-refractivity contribution in [2.75, 3.05) is 12.1 Å². The summed E-state index contributed by atoms with van der Waals surface area (Å²) in [5.41, 5.74) is 2.23. The minimum absolute atomic E-state index is 0.110. The molecular formula is C21H19N5O3S. The van der Waals surface area contributed by atoms with Gasteiger partial charge in [0.25, 0.3) is 0 Å². The van der Waals surface area contributed by atoms with Gasteiger partial charge in [-0.1, -0.05) is 30.8 Å². The summed E-state index contributed by atoms with van der Waals surface area (Å²) in [4.78, 5) is 22.3. The number of anilines is 1. The first-order valence-corrected chi connectivity index (χ1v) is 10.5. The van der Waals surface area contributed by atoms with Crippen molar-refractivity contribution >= 4 is 39.9 Å². The largest absolute Gasteiger partial charge is 0.454 e. The van der Waals surface area contributed by atoms with Gasteiger partial charge in [0.15, 0.2) is 22.3 Å². The second-order valence-electron chi connectivity index (χ2n) is 6.88. The highest BCUT2D eigenvalue weighted by atomic mass is 32.2. The number of amides is 1. The Morgan fingerprint density at radius 1 is 1.20 bits per heavy atom. The molecule has 0 spiro atoms. The van der Waals surface area contributed by atoms with Crippen molar-refractivity contribution in [1.29, 1.82) is 0 Å². The molecule has 0 fully saturated rings. The third-order valence-corrected chi connectivity index (χ3v) is 6.11. The summed E-state index contributed by atoms with van der Waals surface area (Å²) in [5.74, 6) is 1.86. The van der Waals surface area contributed by atoms with Crippen molar-refractivity contribution in [2.24, 2.45) is 0 Å². The lowest BCUT2D eigenvalue weighted by molar-refractivity contribution is -0.115. The number of para-hydroxylation sites is 1. The summed E-state index contributed by atoms with van der Waals surface area (Å²) in [5, 5.41) is 8.68. The molecule has 0 saturated carbocycles. The van der Waals surface area contributed by atoms with Crippen LogP contribution in [0.25, 0.3) is 16.6 Å². The molecule has 9 heteroatoms. The fourth-order valence-electron chi connectivity index (χ4n) is 3.36. The number of carbonyl (C=O) groups excluding carboxylic acids is 1. The maximum absolute atomic E-state index is 13.0. The Morgan fingerprint density at radius 3 is 2.90 bits per heavy atom. The van der Waals surface area contributed by atoms with E-state index in [0.717, 1.165) is 16.6 Å². The number of nitrogens with zero attached hydrogens (tertiary/aromatic N) is 4. The van der Waals surface area contributed by atoms with Gasteiger partial charge < -0.3 is 14.8 Å². The molecule has 1 atom stereocenters. The molecule has 1 aliphatic heterocycles. The summed E-state index contributed by atoms with van der Waals surface area (Å²) in [6.07, 6.45) is 0.630. The molecule has 0 bridgehead atoms. The number of thioether (sulfide) groups is 1. The summed E-state index contributed by atoms with van der Waals surface area (Å²) in [6.45, 7) is 4.02. The number of hydrogen-bond donors (Lipinski definition) is 1. The summed E-state index contributed by atoms with van der Waals surface area (Å²) in [7, 11) is 0. The maximum atomic E-state index is 13.0. The second kappa shape index (κ2) is 7.49. The lowest BCUT2D eigenvalue weighted by Gasteiger charge is -2.15. The molecule has 0 saturated heterocycles. The zero-order valence-corrected chi connectivity index (χ0v) is 17.3. The Labute approximate surface area is 176 Å². The van der Waals surface area contributed by atoms with E-state index in [1.807, 2.05) is 38.1 Å². The van der Waals surface area contributed by atoms with Crippen LogP contribution in [0.2, 0.25) is 0 Å². The van der Waals surface area contributed by atoms with E-state index < -0.39 is 0 Å². The van der Waals surface area contributed by atoms with Crippen LogP contribution in [-0.2, 0) is 4.79 Å². The Morgan fingerprint density at radius 2 is 2.03 bits per heavy atom. The van der Waals surface area contributed by atoms with Gasteiger partial charge in [-0.15, -0.1) is 5.10 Å². The standard InChI is InChI=1S/C21H19N5O3S/c1-3-18(20(27)23-13-8-9-16-17(10-13)29-11-28-16)30-21-24-15-7-5-4-6-14(15)19-22-12(2)25-26(19)21/h4-10,18H,3,11H2,1-2H3,(H,23,27)/t18-/m1/s1. The summed E-state index contributed by atoms with van der Waals surface area (Å²) >= 11 is 1.38. The first kappa shape index (κ1) is 18.7. The third-order valence-electron chi connectivity index (χ3n) is 4.81. The van der Waals surface area contributed by atoms with Crippen LogP contribution in [0.4, 0.5) is 5.69 Å². The van der Waals surface area contributed by atoms with Gasteiger partial charge in [0, 0.05) is 17.1 Å². The number of ether oxygens (including phenoxy) is 2. The molecule has 1 N–H and O–H groups in total. The molecule has 152 valence electrons. The van der Waals surface area contributed by atoms with Gasteiger partial charge in [0.2, 0.25) is 12.7 Å². The van der Waals surface area contributed by atoms with Gasteiger partial charge in [-0.3, -0.25) is 4.79 Å². The van der Waals surface area contributed by atoms with E-state index >= 15 is 0 Å². The molecule has 1 amide bonds. The molecular weight excluding hydrogens is 402 g/mol. The molecule has 0 radical (unpaired) electrons. The van der Waals surface area contributed by atoms with E-state index in [0.29, 0.717) is 34.6 Å². The van der Waals surface area contributed by atoms with Gasteiger partial charge >= 0.3 is 0 Å². The molecule has 0 unspecified atom stereocenters. The van der Waals surface area contributed by atoms with Crippen LogP contribution in [0.3, 0.4) is 0 Å². The number of rotatable bonds is 5. The number of aryl methyl sites for hydroxylation is 1. The van der Waals surface area contributed by atoms with E-state index in [4.69, 9.17) is 14.5 Å². The van der Waals surface area contributed by atoms with Crippen molar-refractivity contribution in [1.82, 2.24) is 19.6 Å². The van der Waals surface area contributed by atoms with Crippen molar-refractivity contribution in [3.63, 3.8) is 0 Å². The fraction of sp³-hybridized carbons (Fsp3) is 0.238. The van der Waals surface area contributed by atoms with Crippen LogP contribution in [0.15, 0.2) is 47.6 Å². The third kappa shape index (κ3) is 3.30. The van der Waals surface area contributed by atoms with Crippen LogP contribution in [0, 0.1) is 6.92 Å². The lowest BCUT2D eigenvalue weighted by Crippen LogP contribution is -2.25. The Kier molecular flexibility index (Phi) is 4.66. The predicted octanol–water partition coefficient (Wildman–Crippen LogP) is 3.82. The van der Waals surface area contributed by atoms with Crippen molar-refractivity contribution in [3.8, 4) is 11.5 Å². The molecule has 30 heavy (non-hydrogen) atoms. The smallest absolute Gasteiger partial charge is 0.237 e. The lowest BCUT2D eigenvalue weighted by atomic mass is 10.2. The van der Waals surface area contributed by atoms with Crippen LogP contribution in [0.1, 0.15) is 19.2 Å². The van der Waals surface area contributed by atoms with Crippen LogP contribution < -0.4 is 14.8 Å². The van der Waals surface area contributed by atoms with E-state index in [2.05, 4.69) is 15.4 Å². The Balaban J connectivity index is 1.44. The highest BCUT2D eigenvalue weighted by molar-refractivity contribution is 8.00. The van der Waals surface area contributed by atoms with Crippen LogP contribution in [0.5, 0.6) is 11.5 Å². The number of hydrogen-bond acceptors (Lipinski definition) is 7. The van der Waals surface area contributed by atoms with E-state index in [9.17, 15) is 4.79 Å². The molecule has 2 aromatic heterocycles. The van der Waals surface area contributed by atoms with E-state index in [1.54, 1.807) is 22.7 Å². The highest BCUT2D eigenvalue weighted by Gasteiger charge is 2.23. The average molecular weight is 421 g/mol. The molecule has 4 aromatic rings. The van der Waals surface area contributed by atoms with Crippen molar-refractivity contribution < 1.29 is 14.3 Å². The molecule has 8 nitrogen and oxygen atoms in total. The Hall–Kier alpha value is -3.33. The first-order chi connectivity index (χ1) is 14.6. The van der Waals surface area contributed by atoms with Gasteiger partial charge in [0.1, 0.15) is 5.82 Å². The van der Waals surface area contributed by atoms with Crippen LogP contribution in [-0.4, -0.2) is 37.5 Å². The normalized spacial score (nSPS) is 13.7. The zero-order chi connectivity index (χ0) is 20.7. The minimum Gasteiger partial charge on any atom is -0.454 e. The maximum Gasteiger partial charge on any atom is 0.237 e. The molecule has 1 aliphatic rings. The summed E-state index contributed by atoms with van der Waals surface area (Å²) in [6, 6.07) is 13.2. The fourth-order valence-corrected chi connectivity index (χ4v) is 4.32. The van der Waals surface area contributed by atoms with E-state index in [1.165, 1.54) is 11.8 Å². The van der Waals surface area contributed by atoms with Gasteiger partial charge in [-0.25, -0.2) is 9.97 Å². The minimum atomic E-state index is -0.350. The van der Waals surface area contributed by atoms with Crippen molar-refractivity contribution in [3.05, 3.63) is 48.3 Å². The zero-order valence-electron chi connectivity index (χ0n) is 16.5. The molecule has 0 aliphatic carbocycles. The first-order valence-electron chi connectivity index (χ1n) is 9.61. The molecule has 2 aromatic carbocycles. The van der Waals surface area contributed by atoms with Gasteiger partial charge in [0.05, 0.1) is 10.8 Å². The van der Waals surface area contributed by atoms with Gasteiger partial charge in [-0.05, 0) is 37.6 Å². The Bertz CT molecular complexity index is 1270. The quantitative estimate of drug-likeness (QED) is 0.387. The average Bonchev–Trinajstić information content (AvgIpc) is 3.37. The summed E-state index contributed by atoms with van der Waals surface area (Å²) < 4.78 is 12.4. The van der Waals surface area contributed by atoms with Crippen LogP contribution >= 0.6 is 11.8 Å². The molecule has 3 heterocycles. The number of carbonyl (C=O) groups is 1. The number of nitrogens with one attached hydrogen (secondary N) is 1. The van der Waals surface area contributed by atoms with Crippen molar-refractivity contribution in [2.45, 2.75) is 30.7 Å². The highest BCUT2D eigenvalue weighted by Crippen LogP contribution is 2.35. The van der Waals surface area contributed by atoms with E-state index in [-0.39, 0.29) is 18.0 Å². The predicted molar refractivity (Wildman–Crippen MR) is 114 cm³/mol. The molecule has 5 rings (SSSR count). The number of benzene rings is 2. The monoisotopic (exact) mass is 421 g/mol. The topological polar surface area (TPSA) is 90.6 Å². The second-order valence-corrected chi connectivity index (χ2v) is 8.05.